The summed E-state index contributed by atoms with van der Waals surface area (Å²) in [5.41, 5.74) is 0.932. The van der Waals surface area contributed by atoms with Crippen molar-refractivity contribution in [3.63, 3.8) is 0 Å². The molecule has 0 amide bonds. The molecule has 37 heavy (non-hydrogen) atoms. The summed E-state index contributed by atoms with van der Waals surface area (Å²) < 4.78 is 82.0. The Morgan fingerprint density at radius 1 is 0.892 bits per heavy atom. The lowest BCUT2D eigenvalue weighted by Crippen LogP contribution is -2.46. The van der Waals surface area contributed by atoms with Crippen LogP contribution in [0.2, 0.25) is 0 Å². The molecule has 1 aromatic carbocycles. The Balaban J connectivity index is 1.51. The normalized spacial score (nSPS) is 15.1. The second kappa shape index (κ2) is 10.7. The van der Waals surface area contributed by atoms with Crippen LogP contribution in [0, 0.1) is 6.92 Å². The predicted molar refractivity (Wildman–Crippen MR) is 123 cm³/mol. The van der Waals surface area contributed by atoms with E-state index in [-0.39, 0.29) is 17.6 Å². The van der Waals surface area contributed by atoms with Gasteiger partial charge >= 0.3 is 18.4 Å². The van der Waals surface area contributed by atoms with Crippen molar-refractivity contribution in [2.75, 3.05) is 43.0 Å². The highest BCUT2D eigenvalue weighted by atomic mass is 19.4. The Bertz CT molecular complexity index is 1210. The van der Waals surface area contributed by atoms with Crippen LogP contribution < -0.4 is 15.0 Å². The van der Waals surface area contributed by atoms with Crippen molar-refractivity contribution in [1.29, 1.82) is 0 Å². The molecule has 0 unspecified atom stereocenters. The summed E-state index contributed by atoms with van der Waals surface area (Å²) in [4.78, 5) is 20.5. The highest BCUT2D eigenvalue weighted by Crippen LogP contribution is 2.31. The molecule has 1 aliphatic rings. The molecule has 14 heteroatoms. The maximum Gasteiger partial charge on any atom is 0.422 e. The first-order valence-electron chi connectivity index (χ1n) is 11.2. The highest BCUT2D eigenvalue weighted by molar-refractivity contribution is 5.56. The first-order chi connectivity index (χ1) is 17.4. The van der Waals surface area contributed by atoms with Crippen molar-refractivity contribution in [3.8, 4) is 6.01 Å². The maximum atomic E-state index is 13.1. The fourth-order valence-electron chi connectivity index (χ4n) is 3.68. The summed E-state index contributed by atoms with van der Waals surface area (Å²) in [6.07, 6.45) is -9.20. The van der Waals surface area contributed by atoms with Gasteiger partial charge in [0.25, 0.3) is 0 Å². The number of aromatic nitrogens is 4. The summed E-state index contributed by atoms with van der Waals surface area (Å²) >= 11 is 0. The molecule has 1 fully saturated rings. The molecule has 1 N–H and O–H groups in total. The largest absolute Gasteiger partial charge is 0.454 e. The van der Waals surface area contributed by atoms with Crippen molar-refractivity contribution >= 4 is 17.6 Å². The molecule has 198 valence electrons. The summed E-state index contributed by atoms with van der Waals surface area (Å²) in [5.74, 6) is -0.192. The third-order valence-corrected chi connectivity index (χ3v) is 5.40. The Kier molecular flexibility index (Phi) is 7.66. The minimum Gasteiger partial charge on any atom is -0.454 e. The molecule has 0 radical (unpaired) electrons. The summed E-state index contributed by atoms with van der Waals surface area (Å²) in [6, 6.07) is 9.46. The van der Waals surface area contributed by atoms with Gasteiger partial charge in [0.1, 0.15) is 0 Å². The second-order valence-corrected chi connectivity index (χ2v) is 8.38. The zero-order valence-electron chi connectivity index (χ0n) is 19.6. The third kappa shape index (κ3) is 7.65. The predicted octanol–water partition coefficient (Wildman–Crippen LogP) is 4.60. The number of piperazine rings is 1. The zero-order chi connectivity index (χ0) is 26.6. The van der Waals surface area contributed by atoms with Gasteiger partial charge in [-0.1, -0.05) is 12.1 Å². The average molecular weight is 527 g/mol. The smallest absolute Gasteiger partial charge is 0.422 e. The van der Waals surface area contributed by atoms with E-state index in [9.17, 15) is 26.3 Å². The Labute approximate surface area is 208 Å². The number of ether oxygens (including phenoxy) is 1. The molecule has 4 rings (SSSR count). The molecule has 0 bridgehead atoms. The Morgan fingerprint density at radius 2 is 1.62 bits per heavy atom. The fourth-order valence-corrected chi connectivity index (χ4v) is 3.68. The monoisotopic (exact) mass is 527 g/mol. The van der Waals surface area contributed by atoms with Gasteiger partial charge in [-0.3, -0.25) is 9.88 Å². The molecule has 0 aliphatic carbocycles. The Morgan fingerprint density at radius 3 is 2.30 bits per heavy atom. The number of nitrogens with one attached hydrogen (secondary N) is 1. The van der Waals surface area contributed by atoms with Crippen LogP contribution in [0.25, 0.3) is 0 Å². The van der Waals surface area contributed by atoms with E-state index < -0.39 is 30.5 Å². The number of aryl methyl sites for hydroxylation is 1. The molecular weight excluding hydrogens is 504 g/mol. The number of hydrogen-bond acceptors (Lipinski definition) is 8. The lowest BCUT2D eigenvalue weighted by Gasteiger charge is -2.34. The van der Waals surface area contributed by atoms with Crippen molar-refractivity contribution < 1.29 is 31.1 Å². The van der Waals surface area contributed by atoms with E-state index in [1.807, 2.05) is 25.1 Å². The molecule has 8 nitrogen and oxygen atoms in total. The van der Waals surface area contributed by atoms with E-state index in [1.54, 1.807) is 4.90 Å². The SMILES string of the molecule is Cc1cccc(CN2CCN(c3nc(Nc4cccc(C(F)(F)F)c4)nc(OCC(F)(F)F)n3)CC2)n1. The van der Waals surface area contributed by atoms with Crippen LogP contribution in [0.3, 0.4) is 0 Å². The van der Waals surface area contributed by atoms with E-state index in [1.165, 1.54) is 12.1 Å². The topological polar surface area (TPSA) is 79.3 Å². The van der Waals surface area contributed by atoms with Gasteiger partial charge < -0.3 is 15.0 Å². The summed E-state index contributed by atoms with van der Waals surface area (Å²) in [5, 5.41) is 2.61. The molecule has 2 aromatic heterocycles. The number of benzene rings is 1. The minimum atomic E-state index is -4.63. The van der Waals surface area contributed by atoms with Gasteiger partial charge in [-0.25, -0.2) is 0 Å². The molecule has 1 saturated heterocycles. The molecule has 3 heterocycles. The van der Waals surface area contributed by atoms with E-state index in [2.05, 4.69) is 30.2 Å². The summed E-state index contributed by atoms with van der Waals surface area (Å²) in [6.45, 7) is 3.04. The number of anilines is 3. The first kappa shape index (κ1) is 26.4. The van der Waals surface area contributed by atoms with Gasteiger partial charge in [-0.05, 0) is 37.3 Å². The molecular formula is C23H23F6N7O. The van der Waals surface area contributed by atoms with Crippen LogP contribution in [-0.4, -0.2) is 63.8 Å². The van der Waals surface area contributed by atoms with Crippen molar-refractivity contribution in [2.24, 2.45) is 0 Å². The average Bonchev–Trinajstić information content (AvgIpc) is 2.82. The van der Waals surface area contributed by atoms with Gasteiger partial charge in [0, 0.05) is 44.1 Å². The standard InChI is InChI=1S/C23H23F6N7O/c1-15-4-2-7-18(30-15)13-35-8-10-36(11-9-35)20-32-19(33-21(34-20)37-14-22(24,25)26)31-17-6-3-5-16(12-17)23(27,28)29/h2-7,12H,8-11,13-14H2,1H3,(H,31,32,33,34). The number of pyridine rings is 1. The lowest BCUT2D eigenvalue weighted by molar-refractivity contribution is -0.154. The number of nitrogens with zero attached hydrogens (tertiary/aromatic N) is 6. The zero-order valence-corrected chi connectivity index (χ0v) is 19.6. The lowest BCUT2D eigenvalue weighted by atomic mass is 10.2. The van der Waals surface area contributed by atoms with E-state index >= 15 is 0 Å². The number of rotatable bonds is 7. The van der Waals surface area contributed by atoms with Crippen molar-refractivity contribution in [2.45, 2.75) is 25.8 Å². The van der Waals surface area contributed by atoms with Gasteiger partial charge in [0.05, 0.1) is 11.3 Å². The molecule has 1 aliphatic heterocycles. The van der Waals surface area contributed by atoms with Crippen LogP contribution in [0.1, 0.15) is 17.0 Å². The van der Waals surface area contributed by atoms with Crippen molar-refractivity contribution in [1.82, 2.24) is 24.8 Å². The van der Waals surface area contributed by atoms with Gasteiger partial charge in [-0.15, -0.1) is 0 Å². The Hall–Kier alpha value is -3.68. The van der Waals surface area contributed by atoms with Crippen LogP contribution in [-0.2, 0) is 12.7 Å². The van der Waals surface area contributed by atoms with Crippen LogP contribution >= 0.6 is 0 Å². The number of hydrogen-bond donors (Lipinski definition) is 1. The second-order valence-electron chi connectivity index (χ2n) is 8.38. The first-order valence-corrected chi connectivity index (χ1v) is 11.2. The van der Waals surface area contributed by atoms with Crippen molar-refractivity contribution in [3.05, 3.63) is 59.4 Å². The fraction of sp³-hybridized carbons (Fsp3) is 0.391. The third-order valence-electron chi connectivity index (χ3n) is 5.40. The van der Waals surface area contributed by atoms with E-state index in [0.717, 1.165) is 23.5 Å². The summed E-state index contributed by atoms with van der Waals surface area (Å²) in [7, 11) is 0. The molecule has 0 spiro atoms. The van der Waals surface area contributed by atoms with Gasteiger partial charge in [0.2, 0.25) is 11.9 Å². The highest BCUT2D eigenvalue weighted by Gasteiger charge is 2.31. The minimum absolute atomic E-state index is 0.00391. The molecule has 3 aromatic rings. The van der Waals surface area contributed by atoms with Crippen LogP contribution in [0.5, 0.6) is 6.01 Å². The van der Waals surface area contributed by atoms with E-state index in [4.69, 9.17) is 4.74 Å². The van der Waals surface area contributed by atoms with Crippen LogP contribution in [0.4, 0.5) is 43.9 Å². The molecule has 0 saturated carbocycles. The quantitative estimate of drug-likeness (QED) is 0.447. The molecule has 0 atom stereocenters. The van der Waals surface area contributed by atoms with E-state index in [0.29, 0.717) is 32.7 Å². The number of halogens is 6. The number of alkyl halides is 6. The van der Waals surface area contributed by atoms with Gasteiger partial charge in [0.15, 0.2) is 6.61 Å². The van der Waals surface area contributed by atoms with Crippen LogP contribution in [0.15, 0.2) is 42.5 Å². The maximum absolute atomic E-state index is 13.1. The van der Waals surface area contributed by atoms with Gasteiger partial charge in [-0.2, -0.15) is 41.3 Å².